The Hall–Kier alpha value is -1.61. The van der Waals surface area contributed by atoms with Crippen LogP contribution in [0.1, 0.15) is 30.1 Å². The zero-order chi connectivity index (χ0) is 11.5. The number of likely N-dealkylation sites (tertiary alicyclic amines) is 1. The predicted octanol–water partition coefficient (Wildman–Crippen LogP) is 2.75. The first-order valence-electron chi connectivity index (χ1n) is 6.21. The van der Waals surface area contributed by atoms with E-state index in [2.05, 4.69) is 51.5 Å². The zero-order valence-electron chi connectivity index (χ0n) is 9.84. The number of hydrogen-bond donors (Lipinski definition) is 1. The molecular weight excluding hydrogens is 210 g/mol. The van der Waals surface area contributed by atoms with Gasteiger partial charge in [0.05, 0.1) is 11.7 Å². The summed E-state index contributed by atoms with van der Waals surface area (Å²) in [6.07, 6.45) is 4.35. The molecule has 3 heteroatoms. The standard InChI is InChI=1S/C14H17N3/c1-2-5-12(6-3-1)11-17-10-4-7-14(17)13-8-9-15-16-13/h1-3,5-6,8-9,14H,4,7,10-11H2,(H,15,16)/t14-/m1/s1. The third-order valence-corrected chi connectivity index (χ3v) is 3.47. The molecule has 0 aliphatic carbocycles. The topological polar surface area (TPSA) is 31.9 Å². The maximum Gasteiger partial charge on any atom is 0.0523 e. The van der Waals surface area contributed by atoms with Gasteiger partial charge >= 0.3 is 0 Å². The Morgan fingerprint density at radius 3 is 2.88 bits per heavy atom. The minimum absolute atomic E-state index is 0.512. The number of aromatic amines is 1. The highest BCUT2D eigenvalue weighted by Gasteiger charge is 2.26. The lowest BCUT2D eigenvalue weighted by atomic mass is 10.1. The van der Waals surface area contributed by atoms with Crippen molar-refractivity contribution in [2.45, 2.75) is 25.4 Å². The van der Waals surface area contributed by atoms with Crippen molar-refractivity contribution in [3.05, 3.63) is 53.9 Å². The molecule has 1 atom stereocenters. The Morgan fingerprint density at radius 2 is 2.12 bits per heavy atom. The summed E-state index contributed by atoms with van der Waals surface area (Å²) >= 11 is 0. The normalized spacial score (nSPS) is 20.8. The molecular formula is C14H17N3. The molecule has 0 saturated carbocycles. The van der Waals surface area contributed by atoms with E-state index in [0.29, 0.717) is 6.04 Å². The van der Waals surface area contributed by atoms with Gasteiger partial charge < -0.3 is 0 Å². The summed E-state index contributed by atoms with van der Waals surface area (Å²) in [6.45, 7) is 2.21. The molecule has 2 heterocycles. The number of nitrogens with zero attached hydrogens (tertiary/aromatic N) is 2. The third kappa shape index (κ3) is 2.24. The number of nitrogens with one attached hydrogen (secondary N) is 1. The van der Waals surface area contributed by atoms with Crippen LogP contribution in [0.5, 0.6) is 0 Å². The zero-order valence-corrected chi connectivity index (χ0v) is 9.84. The van der Waals surface area contributed by atoms with Gasteiger partial charge in [-0.05, 0) is 31.0 Å². The first-order chi connectivity index (χ1) is 8.43. The average Bonchev–Trinajstić information content (AvgIpc) is 3.00. The highest BCUT2D eigenvalue weighted by Crippen LogP contribution is 2.31. The minimum Gasteiger partial charge on any atom is -0.291 e. The molecule has 1 aliphatic heterocycles. The smallest absolute Gasteiger partial charge is 0.0523 e. The lowest BCUT2D eigenvalue weighted by Gasteiger charge is -2.23. The minimum atomic E-state index is 0.512. The predicted molar refractivity (Wildman–Crippen MR) is 67.4 cm³/mol. The molecule has 88 valence electrons. The Bertz CT molecular complexity index is 450. The van der Waals surface area contributed by atoms with Crippen LogP contribution in [0.4, 0.5) is 0 Å². The first-order valence-corrected chi connectivity index (χ1v) is 6.21. The molecule has 0 radical (unpaired) electrons. The molecule has 1 aromatic carbocycles. The Balaban J connectivity index is 1.75. The van der Waals surface area contributed by atoms with Crippen LogP contribution in [-0.2, 0) is 6.54 Å². The average molecular weight is 227 g/mol. The van der Waals surface area contributed by atoms with Gasteiger partial charge in [-0.2, -0.15) is 5.10 Å². The van der Waals surface area contributed by atoms with Crippen LogP contribution >= 0.6 is 0 Å². The van der Waals surface area contributed by atoms with Gasteiger partial charge in [0.1, 0.15) is 0 Å². The lowest BCUT2D eigenvalue weighted by molar-refractivity contribution is 0.244. The van der Waals surface area contributed by atoms with E-state index in [1.165, 1.54) is 30.6 Å². The quantitative estimate of drug-likeness (QED) is 0.874. The van der Waals surface area contributed by atoms with Gasteiger partial charge in [-0.1, -0.05) is 30.3 Å². The molecule has 1 N–H and O–H groups in total. The highest BCUT2D eigenvalue weighted by atomic mass is 15.2. The Morgan fingerprint density at radius 1 is 1.24 bits per heavy atom. The molecule has 3 rings (SSSR count). The second-order valence-electron chi connectivity index (χ2n) is 4.63. The van der Waals surface area contributed by atoms with Gasteiger partial charge in [-0.25, -0.2) is 0 Å². The van der Waals surface area contributed by atoms with Crippen molar-refractivity contribution in [3.8, 4) is 0 Å². The summed E-state index contributed by atoms with van der Waals surface area (Å²) in [7, 11) is 0. The summed E-state index contributed by atoms with van der Waals surface area (Å²) in [6, 6.07) is 13.3. The monoisotopic (exact) mass is 227 g/mol. The molecule has 2 aromatic rings. The van der Waals surface area contributed by atoms with Gasteiger partial charge in [0.2, 0.25) is 0 Å². The van der Waals surface area contributed by atoms with Crippen molar-refractivity contribution >= 4 is 0 Å². The first kappa shape index (κ1) is 10.5. The molecule has 0 spiro atoms. The van der Waals surface area contributed by atoms with Crippen molar-refractivity contribution in [2.75, 3.05) is 6.54 Å². The fourth-order valence-electron chi connectivity index (χ4n) is 2.64. The molecule has 1 saturated heterocycles. The van der Waals surface area contributed by atoms with E-state index in [0.717, 1.165) is 6.54 Å². The molecule has 1 aliphatic rings. The van der Waals surface area contributed by atoms with Crippen molar-refractivity contribution in [1.82, 2.24) is 15.1 Å². The number of rotatable bonds is 3. The lowest BCUT2D eigenvalue weighted by Crippen LogP contribution is -2.22. The van der Waals surface area contributed by atoms with Gasteiger partial charge in [0, 0.05) is 12.7 Å². The van der Waals surface area contributed by atoms with E-state index in [4.69, 9.17) is 0 Å². The fourth-order valence-corrected chi connectivity index (χ4v) is 2.64. The molecule has 0 bridgehead atoms. The Kier molecular flexibility index (Phi) is 2.92. The molecule has 3 nitrogen and oxygen atoms in total. The van der Waals surface area contributed by atoms with Crippen LogP contribution in [0, 0.1) is 0 Å². The second kappa shape index (κ2) is 4.72. The van der Waals surface area contributed by atoms with E-state index in [9.17, 15) is 0 Å². The summed E-state index contributed by atoms with van der Waals surface area (Å²) in [5.41, 5.74) is 2.64. The fraction of sp³-hybridized carbons (Fsp3) is 0.357. The van der Waals surface area contributed by atoms with Crippen LogP contribution in [0.15, 0.2) is 42.6 Å². The maximum atomic E-state index is 4.06. The SMILES string of the molecule is c1ccc(CN2CCC[C@@H]2c2ccn[nH]2)cc1. The van der Waals surface area contributed by atoms with Crippen LogP contribution in [0.2, 0.25) is 0 Å². The third-order valence-electron chi connectivity index (χ3n) is 3.47. The summed E-state index contributed by atoms with van der Waals surface area (Å²) in [5, 5.41) is 7.16. The molecule has 0 amide bonds. The van der Waals surface area contributed by atoms with Crippen molar-refractivity contribution in [1.29, 1.82) is 0 Å². The highest BCUT2D eigenvalue weighted by molar-refractivity contribution is 5.16. The van der Waals surface area contributed by atoms with Crippen molar-refractivity contribution < 1.29 is 0 Å². The van der Waals surface area contributed by atoms with E-state index in [1.807, 2.05) is 6.20 Å². The molecule has 1 fully saturated rings. The van der Waals surface area contributed by atoms with Crippen LogP contribution < -0.4 is 0 Å². The van der Waals surface area contributed by atoms with E-state index in [1.54, 1.807) is 0 Å². The second-order valence-corrected chi connectivity index (χ2v) is 4.63. The molecule has 0 unspecified atom stereocenters. The summed E-state index contributed by atoms with van der Waals surface area (Å²) in [4.78, 5) is 2.53. The van der Waals surface area contributed by atoms with Gasteiger partial charge in [0.25, 0.3) is 0 Å². The van der Waals surface area contributed by atoms with Gasteiger partial charge in [-0.3, -0.25) is 10.00 Å². The molecule has 17 heavy (non-hydrogen) atoms. The van der Waals surface area contributed by atoms with Crippen LogP contribution in [-0.4, -0.2) is 21.6 Å². The maximum absolute atomic E-state index is 4.06. The van der Waals surface area contributed by atoms with Crippen molar-refractivity contribution in [2.24, 2.45) is 0 Å². The number of H-pyrrole nitrogens is 1. The van der Waals surface area contributed by atoms with Crippen LogP contribution in [0.3, 0.4) is 0 Å². The summed E-state index contributed by atoms with van der Waals surface area (Å²) < 4.78 is 0. The van der Waals surface area contributed by atoms with Gasteiger partial charge in [0.15, 0.2) is 0 Å². The van der Waals surface area contributed by atoms with Crippen LogP contribution in [0.25, 0.3) is 0 Å². The molecule has 1 aromatic heterocycles. The largest absolute Gasteiger partial charge is 0.291 e. The summed E-state index contributed by atoms with van der Waals surface area (Å²) in [5.74, 6) is 0. The number of hydrogen-bond acceptors (Lipinski definition) is 2. The van der Waals surface area contributed by atoms with Crippen molar-refractivity contribution in [3.63, 3.8) is 0 Å². The van der Waals surface area contributed by atoms with E-state index >= 15 is 0 Å². The number of aromatic nitrogens is 2. The van der Waals surface area contributed by atoms with Gasteiger partial charge in [-0.15, -0.1) is 0 Å². The van der Waals surface area contributed by atoms with E-state index < -0.39 is 0 Å². The Labute approximate surface area is 101 Å². The number of benzene rings is 1. The van der Waals surface area contributed by atoms with E-state index in [-0.39, 0.29) is 0 Å².